The maximum Gasteiger partial charge on any atom is 0.319 e. The van der Waals surface area contributed by atoms with Crippen molar-refractivity contribution in [2.24, 2.45) is 0 Å². The second kappa shape index (κ2) is 7.30. The molecule has 18 heavy (non-hydrogen) atoms. The molecule has 2 amide bonds. The van der Waals surface area contributed by atoms with Crippen LogP contribution in [0.3, 0.4) is 0 Å². The van der Waals surface area contributed by atoms with E-state index >= 15 is 0 Å². The van der Waals surface area contributed by atoms with E-state index in [0.29, 0.717) is 17.8 Å². The van der Waals surface area contributed by atoms with Crippen molar-refractivity contribution in [1.29, 1.82) is 5.26 Å². The topological polar surface area (TPSA) is 68.2 Å². The van der Waals surface area contributed by atoms with Crippen molar-refractivity contribution in [3.63, 3.8) is 0 Å². The minimum atomic E-state index is -0.232. The highest BCUT2D eigenvalue weighted by atomic mass is 16.2. The van der Waals surface area contributed by atoms with Crippen LogP contribution in [0.2, 0.25) is 0 Å². The standard InChI is InChI=1S/C13H18N4O/c1-3-17(2)9-8-15-13(18)16-12-6-4-11(10-14)5-7-12/h4-7H,3,8-9H2,1-2H3,(H2,15,16,18). The van der Waals surface area contributed by atoms with Crippen molar-refractivity contribution in [2.75, 3.05) is 32.0 Å². The fraction of sp³-hybridized carbons (Fsp3) is 0.385. The zero-order valence-electron chi connectivity index (χ0n) is 10.7. The molecule has 1 aromatic carbocycles. The number of nitrogens with zero attached hydrogens (tertiary/aromatic N) is 2. The first-order chi connectivity index (χ1) is 8.65. The SMILES string of the molecule is CCN(C)CCNC(=O)Nc1ccc(C#N)cc1. The van der Waals surface area contributed by atoms with Gasteiger partial charge in [0.2, 0.25) is 0 Å². The molecule has 2 N–H and O–H groups in total. The Morgan fingerprint density at radius 1 is 1.39 bits per heavy atom. The maximum atomic E-state index is 11.5. The minimum Gasteiger partial charge on any atom is -0.337 e. The first-order valence-corrected chi connectivity index (χ1v) is 5.89. The number of anilines is 1. The molecule has 96 valence electrons. The second-order valence-electron chi connectivity index (χ2n) is 3.97. The van der Waals surface area contributed by atoms with Gasteiger partial charge in [0.25, 0.3) is 0 Å². The Balaban J connectivity index is 2.33. The van der Waals surface area contributed by atoms with Crippen molar-refractivity contribution < 1.29 is 4.79 Å². The molecule has 0 spiro atoms. The highest BCUT2D eigenvalue weighted by Crippen LogP contribution is 2.08. The molecule has 0 saturated heterocycles. The summed E-state index contributed by atoms with van der Waals surface area (Å²) in [6, 6.07) is 8.54. The van der Waals surface area contributed by atoms with E-state index in [2.05, 4.69) is 22.5 Å². The van der Waals surface area contributed by atoms with E-state index in [1.165, 1.54) is 0 Å². The third-order valence-electron chi connectivity index (χ3n) is 2.59. The average Bonchev–Trinajstić information content (AvgIpc) is 2.39. The molecular weight excluding hydrogens is 228 g/mol. The summed E-state index contributed by atoms with van der Waals surface area (Å²) in [6.45, 7) is 4.44. The Morgan fingerprint density at radius 2 is 2.06 bits per heavy atom. The lowest BCUT2D eigenvalue weighted by atomic mass is 10.2. The van der Waals surface area contributed by atoms with Crippen LogP contribution in [0, 0.1) is 11.3 Å². The molecule has 0 radical (unpaired) electrons. The van der Waals surface area contributed by atoms with Crippen LogP contribution in [0.5, 0.6) is 0 Å². The van der Waals surface area contributed by atoms with Crippen molar-refractivity contribution >= 4 is 11.7 Å². The Labute approximate surface area is 107 Å². The van der Waals surface area contributed by atoms with Crippen LogP contribution in [-0.2, 0) is 0 Å². The zero-order valence-corrected chi connectivity index (χ0v) is 10.7. The molecule has 1 aromatic rings. The smallest absolute Gasteiger partial charge is 0.319 e. The van der Waals surface area contributed by atoms with Crippen LogP contribution >= 0.6 is 0 Å². The van der Waals surface area contributed by atoms with Crippen molar-refractivity contribution in [3.8, 4) is 6.07 Å². The van der Waals surface area contributed by atoms with Gasteiger partial charge in [-0.2, -0.15) is 5.26 Å². The molecule has 0 aliphatic rings. The van der Waals surface area contributed by atoms with Crippen molar-refractivity contribution in [1.82, 2.24) is 10.2 Å². The number of carbonyl (C=O) groups excluding carboxylic acids is 1. The van der Waals surface area contributed by atoms with E-state index in [0.717, 1.165) is 13.1 Å². The molecule has 0 fully saturated rings. The zero-order chi connectivity index (χ0) is 13.4. The number of rotatable bonds is 5. The summed E-state index contributed by atoms with van der Waals surface area (Å²) in [5.41, 5.74) is 1.25. The number of nitrogens with one attached hydrogen (secondary N) is 2. The number of nitriles is 1. The van der Waals surface area contributed by atoms with Crippen LogP contribution in [0.15, 0.2) is 24.3 Å². The lowest BCUT2D eigenvalue weighted by Crippen LogP contribution is -2.35. The molecule has 1 rings (SSSR count). The van der Waals surface area contributed by atoms with Gasteiger partial charge in [0.15, 0.2) is 0 Å². The summed E-state index contributed by atoms with van der Waals surface area (Å²) in [6.07, 6.45) is 0. The quantitative estimate of drug-likeness (QED) is 0.829. The van der Waals surface area contributed by atoms with E-state index in [-0.39, 0.29) is 6.03 Å². The van der Waals surface area contributed by atoms with E-state index in [4.69, 9.17) is 5.26 Å². The molecule has 0 saturated carbocycles. The summed E-state index contributed by atoms with van der Waals surface area (Å²) >= 11 is 0. The molecule has 0 aliphatic carbocycles. The van der Waals surface area contributed by atoms with Gasteiger partial charge in [-0.25, -0.2) is 4.79 Å². The molecular formula is C13H18N4O. The Hall–Kier alpha value is -2.06. The highest BCUT2D eigenvalue weighted by molar-refractivity contribution is 5.89. The molecule has 5 heteroatoms. The summed E-state index contributed by atoms with van der Waals surface area (Å²) in [5.74, 6) is 0. The average molecular weight is 246 g/mol. The van der Waals surface area contributed by atoms with E-state index < -0.39 is 0 Å². The summed E-state index contributed by atoms with van der Waals surface area (Å²) in [4.78, 5) is 13.6. The number of likely N-dealkylation sites (N-methyl/N-ethyl adjacent to an activating group) is 1. The predicted molar refractivity (Wildman–Crippen MR) is 71.3 cm³/mol. The van der Waals surface area contributed by atoms with E-state index in [1.54, 1.807) is 24.3 Å². The van der Waals surface area contributed by atoms with Gasteiger partial charge in [0, 0.05) is 18.8 Å². The molecule has 0 bridgehead atoms. The maximum absolute atomic E-state index is 11.5. The van der Waals surface area contributed by atoms with Crippen LogP contribution in [-0.4, -0.2) is 37.6 Å². The normalized spacial score (nSPS) is 9.89. The number of hydrogen-bond donors (Lipinski definition) is 2. The first kappa shape index (κ1) is 14.0. The molecule has 0 aliphatic heterocycles. The van der Waals surface area contributed by atoms with E-state index in [9.17, 15) is 4.79 Å². The molecule has 0 heterocycles. The van der Waals surface area contributed by atoms with Gasteiger partial charge in [0.05, 0.1) is 11.6 Å². The van der Waals surface area contributed by atoms with Crippen molar-refractivity contribution in [2.45, 2.75) is 6.92 Å². The molecule has 5 nitrogen and oxygen atoms in total. The first-order valence-electron chi connectivity index (χ1n) is 5.89. The van der Waals surface area contributed by atoms with E-state index in [1.807, 2.05) is 13.1 Å². The van der Waals surface area contributed by atoms with Gasteiger partial charge in [0.1, 0.15) is 0 Å². The Kier molecular flexibility index (Phi) is 5.68. The minimum absolute atomic E-state index is 0.232. The highest BCUT2D eigenvalue weighted by Gasteiger charge is 2.01. The Morgan fingerprint density at radius 3 is 2.61 bits per heavy atom. The second-order valence-corrected chi connectivity index (χ2v) is 3.97. The summed E-state index contributed by atoms with van der Waals surface area (Å²) < 4.78 is 0. The van der Waals surface area contributed by atoms with Gasteiger partial charge in [-0.15, -0.1) is 0 Å². The predicted octanol–water partition coefficient (Wildman–Crippen LogP) is 1.63. The van der Waals surface area contributed by atoms with Crippen LogP contribution in [0.1, 0.15) is 12.5 Å². The fourth-order valence-electron chi connectivity index (χ4n) is 1.32. The summed E-state index contributed by atoms with van der Waals surface area (Å²) in [5, 5.41) is 14.1. The monoisotopic (exact) mass is 246 g/mol. The van der Waals surface area contributed by atoms with Gasteiger partial charge < -0.3 is 15.5 Å². The van der Waals surface area contributed by atoms with Gasteiger partial charge in [-0.1, -0.05) is 6.92 Å². The van der Waals surface area contributed by atoms with Gasteiger partial charge >= 0.3 is 6.03 Å². The lowest BCUT2D eigenvalue weighted by Gasteiger charge is -2.14. The molecule has 0 aromatic heterocycles. The molecule has 0 unspecified atom stereocenters. The lowest BCUT2D eigenvalue weighted by molar-refractivity contribution is 0.250. The summed E-state index contributed by atoms with van der Waals surface area (Å²) in [7, 11) is 2.00. The fourth-order valence-corrected chi connectivity index (χ4v) is 1.32. The van der Waals surface area contributed by atoms with Crippen LogP contribution in [0.4, 0.5) is 10.5 Å². The Bertz CT molecular complexity index is 422. The van der Waals surface area contributed by atoms with Gasteiger partial charge in [-0.05, 0) is 37.9 Å². The number of carbonyl (C=O) groups is 1. The third-order valence-corrected chi connectivity index (χ3v) is 2.59. The number of hydrogen-bond acceptors (Lipinski definition) is 3. The third kappa shape index (κ3) is 4.85. The van der Waals surface area contributed by atoms with Crippen LogP contribution in [0.25, 0.3) is 0 Å². The molecule has 0 atom stereocenters. The largest absolute Gasteiger partial charge is 0.337 e. The van der Waals surface area contributed by atoms with Crippen molar-refractivity contribution in [3.05, 3.63) is 29.8 Å². The van der Waals surface area contributed by atoms with Gasteiger partial charge in [-0.3, -0.25) is 0 Å². The number of amides is 2. The number of benzene rings is 1. The van der Waals surface area contributed by atoms with Crippen LogP contribution < -0.4 is 10.6 Å². The number of urea groups is 1.